The van der Waals surface area contributed by atoms with E-state index < -0.39 is 0 Å². The zero-order valence-electron chi connectivity index (χ0n) is 22.8. The van der Waals surface area contributed by atoms with Gasteiger partial charge in [-0.25, -0.2) is 0 Å². The Balaban J connectivity index is 1.59. The zero-order chi connectivity index (χ0) is 27.0. The summed E-state index contributed by atoms with van der Waals surface area (Å²) in [7, 11) is 0. The monoisotopic (exact) mass is 505 g/mol. The van der Waals surface area contributed by atoms with E-state index in [-0.39, 0.29) is 0 Å². The normalized spacial score (nSPS) is 15.3. The highest BCUT2D eigenvalue weighted by Gasteiger charge is 2.17. The van der Waals surface area contributed by atoms with Gasteiger partial charge in [-0.15, -0.1) is 0 Å². The van der Waals surface area contributed by atoms with Gasteiger partial charge in [0.1, 0.15) is 0 Å². The molecule has 0 heterocycles. The molecule has 5 rings (SSSR count). The fourth-order valence-electron chi connectivity index (χ4n) is 5.06. The molecule has 0 spiro atoms. The van der Waals surface area contributed by atoms with Crippen LogP contribution in [0.1, 0.15) is 31.4 Å². The minimum Gasteiger partial charge on any atom is -0.310 e. The first-order valence-corrected chi connectivity index (χ1v) is 13.7. The number of allylic oxidation sites excluding steroid dienone is 9. The van der Waals surface area contributed by atoms with Crippen molar-refractivity contribution in [3.05, 3.63) is 163 Å². The van der Waals surface area contributed by atoms with Gasteiger partial charge < -0.3 is 4.90 Å². The molecule has 0 amide bonds. The van der Waals surface area contributed by atoms with Crippen LogP contribution in [0.2, 0.25) is 0 Å². The lowest BCUT2D eigenvalue weighted by Gasteiger charge is -2.28. The second kappa shape index (κ2) is 12.3. The van der Waals surface area contributed by atoms with Gasteiger partial charge in [0.05, 0.1) is 5.69 Å². The molecular formula is C38H35N. The van der Waals surface area contributed by atoms with Crippen LogP contribution >= 0.6 is 0 Å². The Morgan fingerprint density at radius 3 is 2.26 bits per heavy atom. The summed E-state index contributed by atoms with van der Waals surface area (Å²) in [4.78, 5) is 2.35. The Morgan fingerprint density at radius 1 is 0.821 bits per heavy atom. The molecule has 39 heavy (non-hydrogen) atoms. The molecule has 1 atom stereocenters. The second-order valence-electron chi connectivity index (χ2n) is 9.89. The zero-order valence-corrected chi connectivity index (χ0v) is 22.8. The smallest absolute Gasteiger partial charge is 0.0540 e. The van der Waals surface area contributed by atoms with E-state index in [1.807, 2.05) is 12.2 Å². The predicted octanol–water partition coefficient (Wildman–Crippen LogP) is 10.9. The Hall–Kier alpha value is -4.62. The van der Waals surface area contributed by atoms with Crippen molar-refractivity contribution < 1.29 is 0 Å². The Kier molecular flexibility index (Phi) is 8.19. The van der Waals surface area contributed by atoms with Crippen molar-refractivity contribution in [1.29, 1.82) is 0 Å². The quantitative estimate of drug-likeness (QED) is 0.215. The van der Waals surface area contributed by atoms with Crippen LogP contribution in [0, 0.1) is 5.92 Å². The standard InChI is InChI=1S/C38H35N/c1-4-6-13-30(5-2)31-24-26-36(27-25-31)39(35-16-8-7-9-17-35)38-19-11-10-18-37(38)34-15-12-14-33(28-34)32-22-20-29(3)21-23-32/h4-20,22-29H,1,21H2,2-3H3/b13-6-,30-5+. The number of para-hydroxylation sites is 2. The van der Waals surface area contributed by atoms with Crippen molar-refractivity contribution in [1.82, 2.24) is 0 Å². The number of hydrogen-bond acceptors (Lipinski definition) is 1. The third kappa shape index (κ3) is 5.94. The first kappa shape index (κ1) is 26.0. The van der Waals surface area contributed by atoms with Crippen LogP contribution in [0.3, 0.4) is 0 Å². The maximum Gasteiger partial charge on any atom is 0.0540 e. The molecule has 0 aromatic heterocycles. The highest BCUT2D eigenvalue weighted by Crippen LogP contribution is 2.41. The van der Waals surface area contributed by atoms with Gasteiger partial charge in [0.15, 0.2) is 0 Å². The molecule has 0 aliphatic heterocycles. The van der Waals surface area contributed by atoms with Crippen LogP contribution in [0.25, 0.3) is 22.3 Å². The molecule has 0 saturated heterocycles. The molecule has 4 aromatic rings. The molecule has 4 aromatic carbocycles. The molecule has 0 fully saturated rings. The third-order valence-corrected chi connectivity index (χ3v) is 7.16. The topological polar surface area (TPSA) is 3.24 Å². The Morgan fingerprint density at radius 2 is 1.54 bits per heavy atom. The number of hydrogen-bond donors (Lipinski definition) is 0. The fraction of sp³-hybridized carbons (Fsp3) is 0.105. The van der Waals surface area contributed by atoms with E-state index in [0.717, 1.165) is 23.5 Å². The summed E-state index contributed by atoms with van der Waals surface area (Å²) in [6, 6.07) is 37.0. The number of rotatable bonds is 8. The van der Waals surface area contributed by atoms with E-state index in [0.29, 0.717) is 5.92 Å². The van der Waals surface area contributed by atoms with Gasteiger partial charge in [-0.1, -0.05) is 123 Å². The molecule has 1 nitrogen and oxygen atoms in total. The third-order valence-electron chi connectivity index (χ3n) is 7.16. The van der Waals surface area contributed by atoms with Crippen LogP contribution in [-0.2, 0) is 0 Å². The van der Waals surface area contributed by atoms with Gasteiger partial charge in [0.25, 0.3) is 0 Å². The average molecular weight is 506 g/mol. The largest absolute Gasteiger partial charge is 0.310 e. The molecule has 1 aliphatic carbocycles. The highest BCUT2D eigenvalue weighted by molar-refractivity contribution is 5.89. The first-order valence-electron chi connectivity index (χ1n) is 13.7. The predicted molar refractivity (Wildman–Crippen MR) is 170 cm³/mol. The molecule has 1 aliphatic rings. The molecule has 0 bridgehead atoms. The van der Waals surface area contributed by atoms with Gasteiger partial charge >= 0.3 is 0 Å². The van der Waals surface area contributed by atoms with E-state index in [1.165, 1.54) is 33.4 Å². The van der Waals surface area contributed by atoms with Crippen molar-refractivity contribution in [2.75, 3.05) is 4.90 Å². The van der Waals surface area contributed by atoms with Gasteiger partial charge in [-0.3, -0.25) is 0 Å². The van der Waals surface area contributed by atoms with Crippen molar-refractivity contribution in [3.8, 4) is 11.1 Å². The second-order valence-corrected chi connectivity index (χ2v) is 9.89. The van der Waals surface area contributed by atoms with Crippen LogP contribution in [-0.4, -0.2) is 0 Å². The lowest BCUT2D eigenvalue weighted by Crippen LogP contribution is -2.11. The molecule has 192 valence electrons. The minimum atomic E-state index is 0.602. The lowest BCUT2D eigenvalue weighted by atomic mass is 9.92. The van der Waals surface area contributed by atoms with Gasteiger partial charge in [-0.2, -0.15) is 0 Å². The Labute approximate surface area is 233 Å². The molecule has 0 N–H and O–H groups in total. The van der Waals surface area contributed by atoms with E-state index in [1.54, 1.807) is 0 Å². The SMILES string of the molecule is C=C/C=C\C(=C/C)c1ccc(N(c2ccccc2)c2ccccc2-c2cccc(C3=CCC(C)C=C3)c2)cc1. The first-order chi connectivity index (χ1) is 19.2. The summed E-state index contributed by atoms with van der Waals surface area (Å²) < 4.78 is 0. The molecule has 0 saturated carbocycles. The minimum absolute atomic E-state index is 0.602. The maximum absolute atomic E-state index is 3.81. The number of nitrogens with zero attached hydrogens (tertiary/aromatic N) is 1. The van der Waals surface area contributed by atoms with E-state index in [2.05, 4.69) is 159 Å². The van der Waals surface area contributed by atoms with E-state index >= 15 is 0 Å². The molecular weight excluding hydrogens is 470 g/mol. The van der Waals surface area contributed by atoms with Crippen LogP contribution in [0.4, 0.5) is 17.1 Å². The number of anilines is 3. The van der Waals surface area contributed by atoms with Gasteiger partial charge in [0.2, 0.25) is 0 Å². The summed E-state index contributed by atoms with van der Waals surface area (Å²) in [5, 5.41) is 0. The van der Waals surface area contributed by atoms with E-state index in [4.69, 9.17) is 0 Å². The van der Waals surface area contributed by atoms with Crippen molar-refractivity contribution in [2.45, 2.75) is 20.3 Å². The van der Waals surface area contributed by atoms with Crippen LogP contribution in [0.15, 0.2) is 152 Å². The van der Waals surface area contributed by atoms with Crippen molar-refractivity contribution in [2.24, 2.45) is 5.92 Å². The van der Waals surface area contributed by atoms with Gasteiger partial charge in [0, 0.05) is 16.9 Å². The Bertz CT molecular complexity index is 1550. The summed E-state index contributed by atoms with van der Waals surface area (Å²) >= 11 is 0. The lowest BCUT2D eigenvalue weighted by molar-refractivity contribution is 0.739. The van der Waals surface area contributed by atoms with Crippen molar-refractivity contribution in [3.63, 3.8) is 0 Å². The summed E-state index contributed by atoms with van der Waals surface area (Å²) in [6.07, 6.45) is 16.0. The maximum atomic E-state index is 3.81. The fourth-order valence-corrected chi connectivity index (χ4v) is 5.06. The van der Waals surface area contributed by atoms with Crippen LogP contribution in [0.5, 0.6) is 0 Å². The van der Waals surface area contributed by atoms with Crippen LogP contribution < -0.4 is 4.90 Å². The molecule has 1 heteroatoms. The number of benzene rings is 4. The van der Waals surface area contributed by atoms with Gasteiger partial charge in [-0.05, 0) is 83.5 Å². The molecule has 1 unspecified atom stereocenters. The summed E-state index contributed by atoms with van der Waals surface area (Å²) in [5.74, 6) is 0.602. The summed E-state index contributed by atoms with van der Waals surface area (Å²) in [6.45, 7) is 8.13. The highest BCUT2D eigenvalue weighted by atomic mass is 15.1. The van der Waals surface area contributed by atoms with Crippen molar-refractivity contribution >= 4 is 28.2 Å². The summed E-state index contributed by atoms with van der Waals surface area (Å²) in [5.41, 5.74) is 10.7. The molecule has 0 radical (unpaired) electrons. The van der Waals surface area contributed by atoms with E-state index in [9.17, 15) is 0 Å². The average Bonchev–Trinajstić information content (AvgIpc) is 3.00.